The van der Waals surface area contributed by atoms with Crippen molar-refractivity contribution >= 4 is 16.8 Å². The minimum atomic E-state index is -0.188. The standard InChI is InChI=1S/C13H12N4O2/c1-8-2-5-13(18)17(16-8)7-12-15-10-6-9(14)3-4-11(10)19-12/h2-6H,7,14H2,1H3. The lowest BCUT2D eigenvalue weighted by atomic mass is 10.3. The van der Waals surface area contributed by atoms with E-state index in [4.69, 9.17) is 10.2 Å². The van der Waals surface area contributed by atoms with Crippen molar-refractivity contribution in [3.05, 3.63) is 52.3 Å². The van der Waals surface area contributed by atoms with Crippen LogP contribution in [0.4, 0.5) is 5.69 Å². The Balaban J connectivity index is 2.01. The summed E-state index contributed by atoms with van der Waals surface area (Å²) in [5, 5.41) is 4.14. The lowest BCUT2D eigenvalue weighted by molar-refractivity contribution is 0.479. The minimum Gasteiger partial charge on any atom is -0.439 e. The van der Waals surface area contributed by atoms with Crippen LogP contribution < -0.4 is 11.3 Å². The maximum atomic E-state index is 11.7. The van der Waals surface area contributed by atoms with Crippen molar-refractivity contribution in [2.45, 2.75) is 13.5 Å². The zero-order valence-electron chi connectivity index (χ0n) is 10.3. The Bertz CT molecular complexity index is 804. The average molecular weight is 256 g/mol. The summed E-state index contributed by atoms with van der Waals surface area (Å²) in [5.74, 6) is 0.431. The number of nitrogens with zero attached hydrogens (tertiary/aromatic N) is 3. The number of rotatable bonds is 2. The van der Waals surface area contributed by atoms with Crippen molar-refractivity contribution in [3.8, 4) is 0 Å². The number of fused-ring (bicyclic) bond motifs is 1. The second-order valence-corrected chi connectivity index (χ2v) is 4.31. The summed E-state index contributed by atoms with van der Waals surface area (Å²) in [5.41, 5.74) is 8.20. The maximum absolute atomic E-state index is 11.7. The van der Waals surface area contributed by atoms with Gasteiger partial charge in [0.25, 0.3) is 5.56 Å². The van der Waals surface area contributed by atoms with Crippen LogP contribution in [0.25, 0.3) is 11.1 Å². The van der Waals surface area contributed by atoms with Crippen molar-refractivity contribution in [2.24, 2.45) is 0 Å². The van der Waals surface area contributed by atoms with Crippen LogP contribution in [0.1, 0.15) is 11.6 Å². The predicted octanol–water partition coefficient (Wildman–Crippen LogP) is 1.32. The fraction of sp³-hybridized carbons (Fsp3) is 0.154. The molecule has 0 aliphatic heterocycles. The van der Waals surface area contributed by atoms with Gasteiger partial charge < -0.3 is 10.2 Å². The lowest BCUT2D eigenvalue weighted by Gasteiger charge is -2.01. The van der Waals surface area contributed by atoms with Gasteiger partial charge in [-0.3, -0.25) is 4.79 Å². The Morgan fingerprint density at radius 2 is 2.16 bits per heavy atom. The molecule has 0 aliphatic rings. The topological polar surface area (TPSA) is 86.9 Å². The summed E-state index contributed by atoms with van der Waals surface area (Å²) in [4.78, 5) is 15.9. The number of hydrogen-bond donors (Lipinski definition) is 1. The molecular weight excluding hydrogens is 244 g/mol. The van der Waals surface area contributed by atoms with E-state index < -0.39 is 0 Å². The van der Waals surface area contributed by atoms with E-state index in [-0.39, 0.29) is 12.1 Å². The monoisotopic (exact) mass is 256 g/mol. The molecule has 3 aromatic rings. The van der Waals surface area contributed by atoms with Crippen LogP contribution in [0.5, 0.6) is 0 Å². The summed E-state index contributed by atoms with van der Waals surface area (Å²) in [6.45, 7) is 2.03. The van der Waals surface area contributed by atoms with Crippen molar-refractivity contribution in [1.29, 1.82) is 0 Å². The molecule has 96 valence electrons. The molecule has 0 bridgehead atoms. The smallest absolute Gasteiger partial charge is 0.267 e. The second kappa shape index (κ2) is 4.24. The summed E-state index contributed by atoms with van der Waals surface area (Å²) in [6.07, 6.45) is 0. The quantitative estimate of drug-likeness (QED) is 0.699. The van der Waals surface area contributed by atoms with E-state index in [0.29, 0.717) is 22.7 Å². The first-order chi connectivity index (χ1) is 9.11. The van der Waals surface area contributed by atoms with E-state index in [1.54, 1.807) is 24.3 Å². The molecule has 0 fully saturated rings. The Labute approximate surface area is 108 Å². The molecule has 19 heavy (non-hydrogen) atoms. The molecule has 0 aliphatic carbocycles. The van der Waals surface area contributed by atoms with Gasteiger partial charge in [0, 0.05) is 11.8 Å². The van der Waals surface area contributed by atoms with E-state index in [0.717, 1.165) is 5.69 Å². The molecule has 6 nitrogen and oxygen atoms in total. The fourth-order valence-corrected chi connectivity index (χ4v) is 1.85. The van der Waals surface area contributed by atoms with Gasteiger partial charge >= 0.3 is 0 Å². The van der Waals surface area contributed by atoms with Gasteiger partial charge in [-0.2, -0.15) is 5.10 Å². The molecule has 6 heteroatoms. The van der Waals surface area contributed by atoms with Gasteiger partial charge in [-0.25, -0.2) is 9.67 Å². The number of nitrogen functional groups attached to an aromatic ring is 1. The zero-order chi connectivity index (χ0) is 13.4. The Morgan fingerprint density at radius 3 is 3.00 bits per heavy atom. The SMILES string of the molecule is Cc1ccc(=O)n(Cc2nc3cc(N)ccc3o2)n1. The number of aromatic nitrogens is 3. The normalized spacial score (nSPS) is 11.0. The third kappa shape index (κ3) is 2.20. The number of aryl methyl sites for hydroxylation is 1. The van der Waals surface area contributed by atoms with Crippen LogP contribution in [0, 0.1) is 6.92 Å². The molecule has 0 amide bonds. The van der Waals surface area contributed by atoms with Crippen molar-refractivity contribution in [2.75, 3.05) is 5.73 Å². The van der Waals surface area contributed by atoms with Gasteiger partial charge in [-0.15, -0.1) is 0 Å². The number of benzene rings is 1. The highest BCUT2D eigenvalue weighted by atomic mass is 16.3. The van der Waals surface area contributed by atoms with E-state index in [9.17, 15) is 4.79 Å². The van der Waals surface area contributed by atoms with Crippen LogP contribution >= 0.6 is 0 Å². The number of anilines is 1. The number of hydrogen-bond acceptors (Lipinski definition) is 5. The molecule has 1 aromatic carbocycles. The molecule has 0 unspecified atom stereocenters. The van der Waals surface area contributed by atoms with E-state index in [1.807, 2.05) is 6.92 Å². The molecule has 2 aromatic heterocycles. The van der Waals surface area contributed by atoms with Gasteiger partial charge in [-0.1, -0.05) is 0 Å². The molecule has 0 radical (unpaired) electrons. The van der Waals surface area contributed by atoms with E-state index >= 15 is 0 Å². The Hall–Kier alpha value is -2.63. The summed E-state index contributed by atoms with van der Waals surface area (Å²) in [6, 6.07) is 8.38. The highest BCUT2D eigenvalue weighted by molar-refractivity contribution is 5.76. The third-order valence-electron chi connectivity index (χ3n) is 2.74. The number of nitrogens with two attached hydrogens (primary N) is 1. The van der Waals surface area contributed by atoms with Crippen molar-refractivity contribution in [1.82, 2.24) is 14.8 Å². The zero-order valence-corrected chi connectivity index (χ0v) is 10.3. The molecule has 0 atom stereocenters. The van der Waals surface area contributed by atoms with Gasteiger partial charge in [-0.05, 0) is 31.2 Å². The van der Waals surface area contributed by atoms with Gasteiger partial charge in [0.2, 0.25) is 5.89 Å². The van der Waals surface area contributed by atoms with Gasteiger partial charge in [0.05, 0.1) is 5.69 Å². The van der Waals surface area contributed by atoms with Crippen LogP contribution in [0.15, 0.2) is 39.5 Å². The molecule has 2 heterocycles. The van der Waals surface area contributed by atoms with E-state index in [2.05, 4.69) is 10.1 Å². The highest BCUT2D eigenvalue weighted by Gasteiger charge is 2.08. The maximum Gasteiger partial charge on any atom is 0.267 e. The van der Waals surface area contributed by atoms with E-state index in [1.165, 1.54) is 10.7 Å². The van der Waals surface area contributed by atoms with Crippen LogP contribution in [-0.4, -0.2) is 14.8 Å². The van der Waals surface area contributed by atoms with Crippen LogP contribution in [0.3, 0.4) is 0 Å². The van der Waals surface area contributed by atoms with Gasteiger partial charge in [0.15, 0.2) is 5.58 Å². The molecule has 0 spiro atoms. The minimum absolute atomic E-state index is 0.188. The first-order valence-electron chi connectivity index (χ1n) is 5.81. The molecule has 0 saturated carbocycles. The largest absolute Gasteiger partial charge is 0.439 e. The highest BCUT2D eigenvalue weighted by Crippen LogP contribution is 2.18. The summed E-state index contributed by atoms with van der Waals surface area (Å²) in [7, 11) is 0. The first-order valence-corrected chi connectivity index (χ1v) is 5.81. The molecule has 2 N–H and O–H groups in total. The second-order valence-electron chi connectivity index (χ2n) is 4.31. The molecule has 3 rings (SSSR count). The predicted molar refractivity (Wildman–Crippen MR) is 70.8 cm³/mol. The average Bonchev–Trinajstić information content (AvgIpc) is 2.75. The Kier molecular flexibility index (Phi) is 2.56. The first kappa shape index (κ1) is 11.5. The third-order valence-corrected chi connectivity index (χ3v) is 2.74. The van der Waals surface area contributed by atoms with Crippen molar-refractivity contribution < 1.29 is 4.42 Å². The van der Waals surface area contributed by atoms with Gasteiger partial charge in [0.1, 0.15) is 12.1 Å². The summed E-state index contributed by atoms with van der Waals surface area (Å²) < 4.78 is 6.88. The fourth-order valence-electron chi connectivity index (χ4n) is 1.85. The number of oxazole rings is 1. The van der Waals surface area contributed by atoms with Crippen LogP contribution in [-0.2, 0) is 6.54 Å². The molecular formula is C13H12N4O2. The summed E-state index contributed by atoms with van der Waals surface area (Å²) >= 11 is 0. The lowest BCUT2D eigenvalue weighted by Crippen LogP contribution is -2.23. The van der Waals surface area contributed by atoms with Crippen molar-refractivity contribution in [3.63, 3.8) is 0 Å². The Morgan fingerprint density at radius 1 is 1.32 bits per heavy atom. The van der Waals surface area contributed by atoms with Crippen LogP contribution in [0.2, 0.25) is 0 Å². The molecule has 0 saturated heterocycles.